The number of esters is 1. The van der Waals surface area contributed by atoms with Gasteiger partial charge in [0.25, 0.3) is 0 Å². The van der Waals surface area contributed by atoms with E-state index in [-0.39, 0.29) is 24.0 Å². The molecule has 3 aliphatic rings. The van der Waals surface area contributed by atoms with Crippen LogP contribution in [0.4, 0.5) is 0 Å². The number of hydrogen-bond donors (Lipinski definition) is 1. The number of methoxy groups -OCH3 is 2. The Balaban J connectivity index is 1.54. The molecule has 0 spiro atoms. The summed E-state index contributed by atoms with van der Waals surface area (Å²) in [6.45, 7) is 4.06. The lowest BCUT2D eigenvalue weighted by Gasteiger charge is -2.49. The maximum Gasteiger partial charge on any atom is 0.337 e. The van der Waals surface area contributed by atoms with Crippen molar-refractivity contribution in [3.05, 3.63) is 41.3 Å². The molecule has 1 aromatic heterocycles. The molecule has 1 saturated heterocycles. The zero-order valence-corrected chi connectivity index (χ0v) is 16.5. The lowest BCUT2D eigenvalue weighted by Crippen LogP contribution is -2.51. The van der Waals surface area contributed by atoms with Crippen LogP contribution in [0.2, 0.25) is 0 Å². The number of fused-ring (bicyclic) bond motifs is 6. The molecule has 0 radical (unpaired) electrons. The summed E-state index contributed by atoms with van der Waals surface area (Å²) < 4.78 is 16.3. The smallest absolute Gasteiger partial charge is 0.337 e. The van der Waals surface area contributed by atoms with Crippen molar-refractivity contribution in [3.8, 4) is 5.75 Å². The lowest BCUT2D eigenvalue weighted by atomic mass is 9.72. The fraction of sp³-hybridized carbons (Fsp3) is 0.500. The number of nitrogens with zero attached hydrogens (tertiary/aromatic N) is 1. The van der Waals surface area contributed by atoms with Crippen LogP contribution in [0.25, 0.3) is 10.9 Å². The highest BCUT2D eigenvalue weighted by atomic mass is 16.5. The summed E-state index contributed by atoms with van der Waals surface area (Å²) >= 11 is 0. The van der Waals surface area contributed by atoms with Gasteiger partial charge in [-0.2, -0.15) is 0 Å². The van der Waals surface area contributed by atoms with Crippen molar-refractivity contribution in [1.29, 1.82) is 0 Å². The molecule has 0 aliphatic carbocycles. The molecule has 6 nitrogen and oxygen atoms in total. The monoisotopic (exact) mass is 382 g/mol. The molecule has 2 aromatic rings. The SMILES string of the molecule is COC(=O)C1=CO[C@H](C)[C@H]2CN3CCc4c([nH]c5ccc(OC)cc45)[C@@H]3C[C@H]12. The van der Waals surface area contributed by atoms with Crippen LogP contribution in [-0.2, 0) is 20.7 Å². The molecule has 1 fully saturated rings. The van der Waals surface area contributed by atoms with Gasteiger partial charge in [0.1, 0.15) is 5.75 Å². The zero-order chi connectivity index (χ0) is 19.4. The van der Waals surface area contributed by atoms with Crippen molar-refractivity contribution in [2.45, 2.75) is 31.9 Å². The third kappa shape index (κ3) is 2.54. The van der Waals surface area contributed by atoms with Gasteiger partial charge in [0.05, 0.1) is 38.2 Å². The number of aromatic nitrogens is 1. The van der Waals surface area contributed by atoms with Crippen LogP contribution in [-0.4, -0.2) is 49.3 Å². The molecule has 3 aliphatic heterocycles. The number of nitrogens with one attached hydrogen (secondary N) is 1. The second-order valence-electron chi connectivity index (χ2n) is 8.10. The predicted octanol–water partition coefficient (Wildman–Crippen LogP) is 3.19. The predicted molar refractivity (Wildman–Crippen MR) is 105 cm³/mol. The van der Waals surface area contributed by atoms with Crippen molar-refractivity contribution >= 4 is 16.9 Å². The summed E-state index contributed by atoms with van der Waals surface area (Å²) in [5.41, 5.74) is 4.50. The average Bonchev–Trinajstić information content (AvgIpc) is 3.10. The largest absolute Gasteiger partial charge is 0.497 e. The van der Waals surface area contributed by atoms with Crippen LogP contribution < -0.4 is 4.74 Å². The number of aromatic amines is 1. The summed E-state index contributed by atoms with van der Waals surface area (Å²) in [6, 6.07) is 6.50. The molecule has 148 valence electrons. The van der Waals surface area contributed by atoms with Crippen molar-refractivity contribution in [2.75, 3.05) is 27.3 Å². The van der Waals surface area contributed by atoms with Gasteiger partial charge in [0, 0.05) is 41.5 Å². The second kappa shape index (κ2) is 6.55. The molecule has 1 N–H and O–H groups in total. The van der Waals surface area contributed by atoms with E-state index in [1.165, 1.54) is 23.8 Å². The topological polar surface area (TPSA) is 63.8 Å². The molecular weight excluding hydrogens is 356 g/mol. The van der Waals surface area contributed by atoms with Crippen molar-refractivity contribution < 1.29 is 19.0 Å². The van der Waals surface area contributed by atoms with Crippen molar-refractivity contribution in [1.82, 2.24) is 9.88 Å². The number of carbonyl (C=O) groups is 1. The Kier molecular flexibility index (Phi) is 4.12. The fourth-order valence-electron chi connectivity index (χ4n) is 5.34. The third-order valence-electron chi connectivity index (χ3n) is 6.84. The van der Waals surface area contributed by atoms with Crippen molar-refractivity contribution in [3.63, 3.8) is 0 Å². The Bertz CT molecular complexity index is 963. The normalized spacial score (nSPS) is 29.2. The third-order valence-corrected chi connectivity index (χ3v) is 6.84. The Morgan fingerprint density at radius 1 is 1.32 bits per heavy atom. The molecule has 4 heterocycles. The van der Waals surface area contributed by atoms with E-state index in [1.54, 1.807) is 13.4 Å². The van der Waals surface area contributed by atoms with E-state index in [4.69, 9.17) is 14.2 Å². The summed E-state index contributed by atoms with van der Waals surface area (Å²) in [5, 5.41) is 1.25. The number of hydrogen-bond acceptors (Lipinski definition) is 5. The molecule has 1 aromatic carbocycles. The standard InChI is InChI=1S/C22H26N2O4/c1-12-17-10-24-7-6-14-16-8-13(26-2)4-5-19(16)23-21(14)20(24)9-15(17)18(11-28-12)22(25)27-3/h4-5,8,11-12,15,17,20,23H,6-7,9-10H2,1-3H3/t12-,15+,17-,20+/m1/s1. The first kappa shape index (κ1) is 17.6. The minimum Gasteiger partial charge on any atom is -0.497 e. The number of H-pyrrole nitrogens is 1. The number of benzene rings is 1. The molecule has 0 unspecified atom stereocenters. The van der Waals surface area contributed by atoms with Crippen LogP contribution in [0.1, 0.15) is 30.6 Å². The highest BCUT2D eigenvalue weighted by Gasteiger charge is 2.46. The van der Waals surface area contributed by atoms with Crippen LogP contribution in [0, 0.1) is 11.8 Å². The Labute approximate surface area is 164 Å². The molecule has 5 rings (SSSR count). The quantitative estimate of drug-likeness (QED) is 0.809. The Morgan fingerprint density at radius 3 is 2.96 bits per heavy atom. The van der Waals surface area contributed by atoms with E-state index in [0.717, 1.165) is 37.2 Å². The number of carbonyl (C=O) groups excluding carboxylic acids is 1. The van der Waals surface area contributed by atoms with Gasteiger partial charge in [-0.25, -0.2) is 4.79 Å². The van der Waals surface area contributed by atoms with E-state index in [9.17, 15) is 4.79 Å². The average molecular weight is 382 g/mol. The van der Waals surface area contributed by atoms with E-state index < -0.39 is 0 Å². The first-order valence-corrected chi connectivity index (χ1v) is 9.97. The molecule has 4 atom stereocenters. The van der Waals surface area contributed by atoms with Gasteiger partial charge in [0.2, 0.25) is 0 Å². The second-order valence-corrected chi connectivity index (χ2v) is 8.10. The highest BCUT2D eigenvalue weighted by molar-refractivity contribution is 5.89. The van der Waals surface area contributed by atoms with Gasteiger partial charge < -0.3 is 19.2 Å². The fourth-order valence-corrected chi connectivity index (χ4v) is 5.34. The Hall–Kier alpha value is -2.47. The van der Waals surface area contributed by atoms with E-state index in [0.29, 0.717) is 11.5 Å². The molecule has 0 amide bonds. The number of rotatable bonds is 2. The van der Waals surface area contributed by atoms with E-state index in [1.807, 2.05) is 6.07 Å². The molecular formula is C22H26N2O4. The molecule has 6 heteroatoms. The minimum atomic E-state index is -0.271. The van der Waals surface area contributed by atoms with Crippen LogP contribution in [0.5, 0.6) is 5.75 Å². The van der Waals surface area contributed by atoms with Gasteiger partial charge in [-0.1, -0.05) is 0 Å². The lowest BCUT2D eigenvalue weighted by molar-refractivity contribution is -0.139. The first-order valence-electron chi connectivity index (χ1n) is 9.97. The highest BCUT2D eigenvalue weighted by Crippen LogP contribution is 2.47. The number of ether oxygens (including phenoxy) is 3. The molecule has 0 bridgehead atoms. The van der Waals surface area contributed by atoms with Gasteiger partial charge in [-0.05, 0) is 43.5 Å². The summed E-state index contributed by atoms with van der Waals surface area (Å²) in [6.07, 6.45) is 3.65. The van der Waals surface area contributed by atoms with E-state index >= 15 is 0 Å². The zero-order valence-electron chi connectivity index (χ0n) is 16.5. The molecule has 0 saturated carbocycles. The van der Waals surface area contributed by atoms with E-state index in [2.05, 4.69) is 28.9 Å². The van der Waals surface area contributed by atoms with Crippen LogP contribution in [0.15, 0.2) is 30.0 Å². The maximum atomic E-state index is 12.3. The van der Waals surface area contributed by atoms with Gasteiger partial charge in [0.15, 0.2) is 0 Å². The maximum absolute atomic E-state index is 12.3. The summed E-state index contributed by atoms with van der Waals surface area (Å²) in [7, 11) is 3.14. The number of piperidine rings is 1. The summed E-state index contributed by atoms with van der Waals surface area (Å²) in [4.78, 5) is 18.6. The molecule has 28 heavy (non-hydrogen) atoms. The van der Waals surface area contributed by atoms with Crippen LogP contribution in [0.3, 0.4) is 0 Å². The Morgan fingerprint density at radius 2 is 2.18 bits per heavy atom. The van der Waals surface area contributed by atoms with Gasteiger partial charge >= 0.3 is 5.97 Å². The van der Waals surface area contributed by atoms with Gasteiger partial charge in [-0.15, -0.1) is 0 Å². The van der Waals surface area contributed by atoms with Gasteiger partial charge in [-0.3, -0.25) is 4.90 Å². The van der Waals surface area contributed by atoms with Crippen LogP contribution >= 0.6 is 0 Å². The minimum absolute atomic E-state index is 0.104. The summed E-state index contributed by atoms with van der Waals surface area (Å²) in [5.74, 6) is 1.08. The van der Waals surface area contributed by atoms with Crippen molar-refractivity contribution in [2.24, 2.45) is 11.8 Å². The first-order chi connectivity index (χ1) is 13.6.